The van der Waals surface area contributed by atoms with Gasteiger partial charge < -0.3 is 10.1 Å². The van der Waals surface area contributed by atoms with Gasteiger partial charge in [-0.15, -0.1) is 0 Å². The van der Waals surface area contributed by atoms with Crippen LogP contribution in [0.5, 0.6) is 0 Å². The zero-order chi connectivity index (χ0) is 12.5. The molecule has 0 amide bonds. The number of anilines is 1. The molecule has 1 aromatic heterocycles. The summed E-state index contributed by atoms with van der Waals surface area (Å²) in [7, 11) is 1.33. The highest BCUT2D eigenvalue weighted by molar-refractivity contribution is 5.85. The SMILES string of the molecule is COC(=O)c1nc(C)cc(NCC2(C)CC2)n1. The molecule has 1 N–H and O–H groups in total. The van der Waals surface area contributed by atoms with Crippen molar-refractivity contribution in [1.82, 2.24) is 9.97 Å². The van der Waals surface area contributed by atoms with Crippen LogP contribution in [-0.4, -0.2) is 29.6 Å². The van der Waals surface area contributed by atoms with Crippen molar-refractivity contribution in [2.24, 2.45) is 5.41 Å². The van der Waals surface area contributed by atoms with E-state index < -0.39 is 5.97 Å². The topological polar surface area (TPSA) is 64.1 Å². The van der Waals surface area contributed by atoms with E-state index in [1.165, 1.54) is 20.0 Å². The lowest BCUT2D eigenvalue weighted by atomic mass is 10.1. The van der Waals surface area contributed by atoms with E-state index in [9.17, 15) is 4.79 Å². The van der Waals surface area contributed by atoms with Crippen LogP contribution in [-0.2, 0) is 4.74 Å². The third-order valence-electron chi connectivity index (χ3n) is 3.02. The standard InChI is InChI=1S/C12H17N3O2/c1-8-6-9(13-7-12(2)4-5-12)15-10(14-8)11(16)17-3/h6H,4-5,7H2,1-3H3,(H,13,14,15). The minimum absolute atomic E-state index is 0.107. The van der Waals surface area contributed by atoms with Gasteiger partial charge in [0.1, 0.15) is 5.82 Å². The first kappa shape index (κ1) is 11.8. The zero-order valence-corrected chi connectivity index (χ0v) is 10.4. The van der Waals surface area contributed by atoms with E-state index in [4.69, 9.17) is 0 Å². The molecule has 1 fully saturated rings. The summed E-state index contributed by atoms with van der Waals surface area (Å²) in [4.78, 5) is 19.5. The number of carbonyl (C=O) groups is 1. The quantitative estimate of drug-likeness (QED) is 0.806. The normalized spacial score (nSPS) is 16.4. The first-order valence-corrected chi connectivity index (χ1v) is 5.70. The summed E-state index contributed by atoms with van der Waals surface area (Å²) in [6.07, 6.45) is 2.49. The summed E-state index contributed by atoms with van der Waals surface area (Å²) in [6.45, 7) is 4.94. The van der Waals surface area contributed by atoms with E-state index in [0.717, 1.165) is 12.2 Å². The van der Waals surface area contributed by atoms with Crippen molar-refractivity contribution < 1.29 is 9.53 Å². The smallest absolute Gasteiger partial charge is 0.376 e. The first-order valence-electron chi connectivity index (χ1n) is 5.70. The van der Waals surface area contributed by atoms with E-state index in [0.29, 0.717) is 11.2 Å². The monoisotopic (exact) mass is 235 g/mol. The van der Waals surface area contributed by atoms with Gasteiger partial charge in [0.25, 0.3) is 0 Å². The van der Waals surface area contributed by atoms with Crippen molar-refractivity contribution in [3.05, 3.63) is 17.6 Å². The average Bonchev–Trinajstić information content (AvgIpc) is 3.04. The van der Waals surface area contributed by atoms with Crippen molar-refractivity contribution in [2.75, 3.05) is 19.0 Å². The molecule has 0 spiro atoms. The molecule has 1 aliphatic rings. The Kier molecular flexibility index (Phi) is 3.00. The molecule has 5 heteroatoms. The van der Waals surface area contributed by atoms with Gasteiger partial charge >= 0.3 is 5.97 Å². The highest BCUT2D eigenvalue weighted by Crippen LogP contribution is 2.44. The Balaban J connectivity index is 2.10. The highest BCUT2D eigenvalue weighted by Gasteiger charge is 2.36. The van der Waals surface area contributed by atoms with Crippen LogP contribution in [0.2, 0.25) is 0 Å². The van der Waals surface area contributed by atoms with Gasteiger partial charge in [-0.2, -0.15) is 0 Å². The number of nitrogens with one attached hydrogen (secondary N) is 1. The summed E-state index contributed by atoms with van der Waals surface area (Å²) >= 11 is 0. The summed E-state index contributed by atoms with van der Waals surface area (Å²) in [5, 5.41) is 3.25. The number of carbonyl (C=O) groups excluding carboxylic acids is 1. The third-order valence-corrected chi connectivity index (χ3v) is 3.02. The molecule has 1 heterocycles. The number of rotatable bonds is 4. The van der Waals surface area contributed by atoms with Crippen molar-refractivity contribution in [2.45, 2.75) is 26.7 Å². The van der Waals surface area contributed by atoms with Crippen molar-refractivity contribution in [1.29, 1.82) is 0 Å². The van der Waals surface area contributed by atoms with Crippen LogP contribution in [0.4, 0.5) is 5.82 Å². The van der Waals surface area contributed by atoms with Crippen LogP contribution in [0.3, 0.4) is 0 Å². The molecule has 17 heavy (non-hydrogen) atoms. The summed E-state index contributed by atoms with van der Waals surface area (Å²) in [5.41, 5.74) is 1.15. The van der Waals surface area contributed by atoms with Crippen molar-refractivity contribution in [3.8, 4) is 0 Å². The third kappa shape index (κ3) is 2.93. The fraction of sp³-hybridized carbons (Fsp3) is 0.583. The number of methoxy groups -OCH3 is 1. The molecule has 92 valence electrons. The average molecular weight is 235 g/mol. The Labute approximate surface area is 101 Å². The minimum Gasteiger partial charge on any atom is -0.463 e. The maximum absolute atomic E-state index is 11.4. The molecule has 5 nitrogen and oxygen atoms in total. The summed E-state index contributed by atoms with van der Waals surface area (Å²) in [6, 6.07) is 1.83. The molecule has 1 saturated carbocycles. The Morgan fingerprint density at radius 1 is 1.53 bits per heavy atom. The first-order chi connectivity index (χ1) is 8.02. The molecule has 0 radical (unpaired) electrons. The molecular formula is C12H17N3O2. The van der Waals surface area contributed by atoms with Gasteiger partial charge in [-0.3, -0.25) is 0 Å². The summed E-state index contributed by atoms with van der Waals surface area (Å²) < 4.78 is 4.61. The van der Waals surface area contributed by atoms with Gasteiger partial charge in [-0.25, -0.2) is 14.8 Å². The largest absolute Gasteiger partial charge is 0.463 e. The second kappa shape index (κ2) is 4.31. The molecule has 1 aromatic rings. The lowest BCUT2D eigenvalue weighted by Crippen LogP contribution is -2.15. The fourth-order valence-electron chi connectivity index (χ4n) is 1.54. The number of hydrogen-bond acceptors (Lipinski definition) is 5. The van der Waals surface area contributed by atoms with Crippen LogP contribution < -0.4 is 5.32 Å². The Morgan fingerprint density at radius 3 is 2.82 bits per heavy atom. The Hall–Kier alpha value is -1.65. The fourth-order valence-corrected chi connectivity index (χ4v) is 1.54. The van der Waals surface area contributed by atoms with Crippen molar-refractivity contribution in [3.63, 3.8) is 0 Å². The predicted octanol–water partition coefficient (Wildman–Crippen LogP) is 1.78. The Morgan fingerprint density at radius 2 is 2.24 bits per heavy atom. The van der Waals surface area contributed by atoms with E-state index in [1.807, 2.05) is 13.0 Å². The van der Waals surface area contributed by atoms with E-state index in [-0.39, 0.29) is 5.82 Å². The van der Waals surface area contributed by atoms with Crippen molar-refractivity contribution >= 4 is 11.8 Å². The number of ether oxygens (including phenoxy) is 1. The summed E-state index contributed by atoms with van der Waals surface area (Å²) in [5.74, 6) is 0.288. The van der Waals surface area contributed by atoms with Gasteiger partial charge in [0.2, 0.25) is 5.82 Å². The minimum atomic E-state index is -0.505. The van der Waals surface area contributed by atoms with E-state index in [2.05, 4.69) is 26.9 Å². The molecule has 0 unspecified atom stereocenters. The van der Waals surface area contributed by atoms with Gasteiger partial charge in [-0.1, -0.05) is 6.92 Å². The number of esters is 1. The van der Waals surface area contributed by atoms with Crippen LogP contribution in [0.15, 0.2) is 6.07 Å². The lowest BCUT2D eigenvalue weighted by molar-refractivity contribution is 0.0586. The number of hydrogen-bond donors (Lipinski definition) is 1. The van der Waals surface area contributed by atoms with Crippen LogP contribution >= 0.6 is 0 Å². The molecule has 0 bridgehead atoms. The second-order valence-corrected chi connectivity index (χ2v) is 4.87. The highest BCUT2D eigenvalue weighted by atomic mass is 16.5. The predicted molar refractivity (Wildman–Crippen MR) is 63.9 cm³/mol. The molecule has 2 rings (SSSR count). The maximum atomic E-state index is 11.4. The zero-order valence-electron chi connectivity index (χ0n) is 10.4. The van der Waals surface area contributed by atoms with Gasteiger partial charge in [0.05, 0.1) is 7.11 Å². The molecule has 0 aromatic carbocycles. The van der Waals surface area contributed by atoms with Crippen LogP contribution in [0.1, 0.15) is 36.1 Å². The number of nitrogens with zero attached hydrogens (tertiary/aromatic N) is 2. The van der Waals surface area contributed by atoms with Gasteiger partial charge in [0.15, 0.2) is 0 Å². The van der Waals surface area contributed by atoms with Crippen LogP contribution in [0.25, 0.3) is 0 Å². The molecule has 0 saturated heterocycles. The molecule has 0 aliphatic heterocycles. The van der Waals surface area contributed by atoms with E-state index >= 15 is 0 Å². The molecule has 0 atom stereocenters. The van der Waals surface area contributed by atoms with E-state index in [1.54, 1.807) is 0 Å². The second-order valence-electron chi connectivity index (χ2n) is 4.87. The number of aryl methyl sites for hydroxylation is 1. The van der Waals surface area contributed by atoms with Crippen LogP contribution in [0, 0.1) is 12.3 Å². The lowest BCUT2D eigenvalue weighted by Gasteiger charge is -2.11. The maximum Gasteiger partial charge on any atom is 0.376 e. The number of aromatic nitrogens is 2. The van der Waals surface area contributed by atoms with Gasteiger partial charge in [-0.05, 0) is 25.2 Å². The van der Waals surface area contributed by atoms with Gasteiger partial charge in [0, 0.05) is 18.3 Å². The molecule has 1 aliphatic carbocycles. The Bertz CT molecular complexity index is 441. The molecular weight excluding hydrogens is 218 g/mol.